The number of nitrogens with zero attached hydrogens (tertiary/aromatic N) is 6. The highest BCUT2D eigenvalue weighted by Gasteiger charge is 2.28. The SMILES string of the molecule is Cc1nnsc1C(=O)N1CCc2c(cc(-c3ccncc3)c(=O)n2CCN2CCCCC2)C1. The number of aryl methyl sites for hydroxylation is 1. The van der Waals surface area contributed by atoms with Gasteiger partial charge in [-0.05, 0) is 73.7 Å². The number of carbonyl (C=O) groups is 1. The quantitative estimate of drug-likeness (QED) is 0.577. The lowest BCUT2D eigenvalue weighted by Gasteiger charge is -2.32. The molecule has 0 N–H and O–H groups in total. The zero-order valence-electron chi connectivity index (χ0n) is 18.9. The average Bonchev–Trinajstić information content (AvgIpc) is 3.29. The summed E-state index contributed by atoms with van der Waals surface area (Å²) in [4.78, 5) is 35.7. The van der Waals surface area contributed by atoms with Crippen molar-refractivity contribution in [1.29, 1.82) is 0 Å². The Balaban J connectivity index is 1.49. The summed E-state index contributed by atoms with van der Waals surface area (Å²) in [6.07, 6.45) is 7.84. The van der Waals surface area contributed by atoms with E-state index in [0.29, 0.717) is 42.2 Å². The number of carbonyl (C=O) groups excluding carboxylic acids is 1. The van der Waals surface area contributed by atoms with Crippen LogP contribution < -0.4 is 5.56 Å². The summed E-state index contributed by atoms with van der Waals surface area (Å²) in [5, 5.41) is 3.99. The molecule has 0 aliphatic carbocycles. The molecule has 0 atom stereocenters. The molecule has 2 aliphatic heterocycles. The van der Waals surface area contributed by atoms with Crippen molar-refractivity contribution in [2.45, 2.75) is 45.7 Å². The molecule has 9 heteroatoms. The molecule has 2 aliphatic rings. The predicted octanol–water partition coefficient (Wildman–Crippen LogP) is 2.75. The van der Waals surface area contributed by atoms with Crippen LogP contribution in [-0.4, -0.2) is 61.0 Å². The first kappa shape index (κ1) is 21.9. The van der Waals surface area contributed by atoms with Crippen molar-refractivity contribution in [3.63, 3.8) is 0 Å². The standard InChI is InChI=1S/C24H28N6O2S/c1-17-22(33-27-26-17)24(32)29-12-7-21-19(16-29)15-20(18-5-8-25-9-6-18)23(31)30(21)14-13-28-10-3-2-4-11-28/h5-6,8-9,15H,2-4,7,10-14,16H2,1H3. The molecule has 0 spiro atoms. The van der Waals surface area contributed by atoms with E-state index in [0.717, 1.165) is 48.0 Å². The third-order valence-electron chi connectivity index (χ3n) is 6.68. The number of amides is 1. The van der Waals surface area contributed by atoms with E-state index in [2.05, 4.69) is 19.5 Å². The minimum Gasteiger partial charge on any atom is -0.333 e. The molecule has 0 unspecified atom stereocenters. The van der Waals surface area contributed by atoms with Gasteiger partial charge in [0.15, 0.2) is 0 Å². The Bertz CT molecular complexity index is 1200. The van der Waals surface area contributed by atoms with Crippen LogP contribution in [0.15, 0.2) is 35.4 Å². The minimum atomic E-state index is -0.0373. The fourth-order valence-electron chi connectivity index (χ4n) is 4.86. The molecule has 3 aromatic heterocycles. The van der Waals surface area contributed by atoms with Gasteiger partial charge in [-0.1, -0.05) is 10.9 Å². The maximum atomic E-state index is 13.6. The minimum absolute atomic E-state index is 0.0373. The van der Waals surface area contributed by atoms with Gasteiger partial charge in [-0.25, -0.2) is 0 Å². The molecule has 1 saturated heterocycles. The highest BCUT2D eigenvalue weighted by atomic mass is 32.1. The summed E-state index contributed by atoms with van der Waals surface area (Å²) in [5.74, 6) is -0.0373. The lowest BCUT2D eigenvalue weighted by molar-refractivity contribution is 0.0735. The average molecular weight is 465 g/mol. The van der Waals surface area contributed by atoms with Gasteiger partial charge in [-0.15, -0.1) is 5.10 Å². The highest BCUT2D eigenvalue weighted by molar-refractivity contribution is 7.07. The zero-order chi connectivity index (χ0) is 22.8. The van der Waals surface area contributed by atoms with Crippen molar-refractivity contribution in [3.05, 3.63) is 62.8 Å². The first-order valence-corrected chi connectivity index (χ1v) is 12.4. The molecule has 1 fully saturated rings. The van der Waals surface area contributed by atoms with E-state index in [1.54, 1.807) is 12.4 Å². The second kappa shape index (κ2) is 9.52. The van der Waals surface area contributed by atoms with Crippen LogP contribution in [0.1, 0.15) is 45.9 Å². The number of likely N-dealkylation sites (tertiary alicyclic amines) is 1. The van der Waals surface area contributed by atoms with E-state index in [1.165, 1.54) is 19.3 Å². The maximum absolute atomic E-state index is 13.6. The maximum Gasteiger partial charge on any atom is 0.267 e. The molecule has 3 aromatic rings. The highest BCUT2D eigenvalue weighted by Crippen LogP contribution is 2.25. The van der Waals surface area contributed by atoms with E-state index in [1.807, 2.05) is 34.6 Å². The lowest BCUT2D eigenvalue weighted by atomic mass is 9.99. The smallest absolute Gasteiger partial charge is 0.267 e. The van der Waals surface area contributed by atoms with Gasteiger partial charge in [0.25, 0.3) is 11.5 Å². The summed E-state index contributed by atoms with van der Waals surface area (Å²) in [5.41, 5.74) is 4.32. The Hall–Kier alpha value is -2.91. The van der Waals surface area contributed by atoms with Crippen LogP contribution in [0.3, 0.4) is 0 Å². The van der Waals surface area contributed by atoms with Crippen molar-refractivity contribution in [2.75, 3.05) is 26.2 Å². The lowest BCUT2D eigenvalue weighted by Crippen LogP contribution is -2.41. The first-order chi connectivity index (χ1) is 16.1. The topological polar surface area (TPSA) is 84.2 Å². The van der Waals surface area contributed by atoms with Gasteiger partial charge in [-0.3, -0.25) is 14.6 Å². The second-order valence-electron chi connectivity index (χ2n) is 8.79. The molecule has 0 saturated carbocycles. The van der Waals surface area contributed by atoms with E-state index >= 15 is 0 Å². The molecule has 0 aromatic carbocycles. The van der Waals surface area contributed by atoms with Crippen LogP contribution in [0.4, 0.5) is 0 Å². The Kier molecular flexibility index (Phi) is 6.32. The van der Waals surface area contributed by atoms with Crippen molar-refractivity contribution in [3.8, 4) is 11.1 Å². The van der Waals surface area contributed by atoms with Gasteiger partial charge < -0.3 is 14.4 Å². The summed E-state index contributed by atoms with van der Waals surface area (Å²) >= 11 is 1.14. The first-order valence-electron chi connectivity index (χ1n) is 11.6. The summed E-state index contributed by atoms with van der Waals surface area (Å²) in [6, 6.07) is 5.72. The van der Waals surface area contributed by atoms with Crippen molar-refractivity contribution < 1.29 is 4.79 Å². The fourth-order valence-corrected chi connectivity index (χ4v) is 5.49. The molecule has 0 bridgehead atoms. The van der Waals surface area contributed by atoms with Crippen LogP contribution in [-0.2, 0) is 19.5 Å². The van der Waals surface area contributed by atoms with Crippen molar-refractivity contribution >= 4 is 17.4 Å². The molecule has 172 valence electrons. The van der Waals surface area contributed by atoms with E-state index in [-0.39, 0.29) is 11.5 Å². The second-order valence-corrected chi connectivity index (χ2v) is 9.54. The Morgan fingerprint density at radius 1 is 1.09 bits per heavy atom. The van der Waals surface area contributed by atoms with E-state index in [4.69, 9.17) is 0 Å². The van der Waals surface area contributed by atoms with Gasteiger partial charge >= 0.3 is 0 Å². The van der Waals surface area contributed by atoms with Crippen LogP contribution in [0.5, 0.6) is 0 Å². The molecule has 8 nitrogen and oxygen atoms in total. The molecule has 33 heavy (non-hydrogen) atoms. The molecular formula is C24H28N6O2S. The van der Waals surface area contributed by atoms with E-state index in [9.17, 15) is 9.59 Å². The van der Waals surface area contributed by atoms with Gasteiger partial charge in [0.05, 0.1) is 5.69 Å². The van der Waals surface area contributed by atoms with Gasteiger partial charge in [-0.2, -0.15) is 0 Å². The van der Waals surface area contributed by atoms with Crippen LogP contribution in [0, 0.1) is 6.92 Å². The van der Waals surface area contributed by atoms with Gasteiger partial charge in [0, 0.05) is 56.3 Å². The zero-order valence-corrected chi connectivity index (χ0v) is 19.7. The summed E-state index contributed by atoms with van der Waals surface area (Å²) < 4.78 is 5.88. The van der Waals surface area contributed by atoms with E-state index < -0.39 is 0 Å². The largest absolute Gasteiger partial charge is 0.333 e. The number of piperidine rings is 1. The van der Waals surface area contributed by atoms with Crippen LogP contribution in [0.2, 0.25) is 0 Å². The molecular weight excluding hydrogens is 436 g/mol. The Morgan fingerprint density at radius 2 is 1.88 bits per heavy atom. The van der Waals surface area contributed by atoms with Crippen LogP contribution in [0.25, 0.3) is 11.1 Å². The summed E-state index contributed by atoms with van der Waals surface area (Å²) in [6.45, 7) is 6.63. The molecule has 5 rings (SSSR count). The van der Waals surface area contributed by atoms with Crippen molar-refractivity contribution in [2.24, 2.45) is 0 Å². The number of aromatic nitrogens is 4. The van der Waals surface area contributed by atoms with Gasteiger partial charge in [0.1, 0.15) is 4.88 Å². The predicted molar refractivity (Wildman–Crippen MR) is 127 cm³/mol. The monoisotopic (exact) mass is 464 g/mol. The van der Waals surface area contributed by atoms with Gasteiger partial charge in [0.2, 0.25) is 0 Å². The molecule has 1 amide bonds. The number of hydrogen-bond donors (Lipinski definition) is 0. The third kappa shape index (κ3) is 4.47. The fraction of sp³-hybridized carbons (Fsp3) is 0.458. The number of pyridine rings is 2. The Labute approximate surface area is 197 Å². The molecule has 0 radical (unpaired) electrons. The van der Waals surface area contributed by atoms with Crippen LogP contribution >= 0.6 is 11.5 Å². The Morgan fingerprint density at radius 3 is 2.61 bits per heavy atom. The number of hydrogen-bond acceptors (Lipinski definition) is 7. The number of rotatable bonds is 5. The van der Waals surface area contributed by atoms with Crippen molar-refractivity contribution in [1.82, 2.24) is 28.9 Å². The normalized spacial score (nSPS) is 16.6. The summed E-state index contributed by atoms with van der Waals surface area (Å²) in [7, 11) is 0. The third-order valence-corrected chi connectivity index (χ3v) is 7.50. The molecule has 5 heterocycles. The number of fused-ring (bicyclic) bond motifs is 1.